The van der Waals surface area contributed by atoms with E-state index in [1.165, 1.54) is 13.2 Å². The molecular weight excluding hydrogens is 272 g/mol. The highest BCUT2D eigenvalue weighted by Crippen LogP contribution is 2.34. The average molecular weight is 290 g/mol. The van der Waals surface area contributed by atoms with Crippen LogP contribution in [-0.4, -0.2) is 36.2 Å². The van der Waals surface area contributed by atoms with Gasteiger partial charge in [-0.15, -0.1) is 0 Å². The number of aromatic carboxylic acids is 1. The Morgan fingerprint density at radius 2 is 2.19 bits per heavy atom. The van der Waals surface area contributed by atoms with Crippen LogP contribution in [0.15, 0.2) is 18.2 Å². The number of amides is 1. The van der Waals surface area contributed by atoms with Crippen molar-refractivity contribution in [3.8, 4) is 5.75 Å². The minimum Gasteiger partial charge on any atom is -0.497 e. The Bertz CT molecular complexity index is 587. The number of ether oxygens (including phenoxy) is 1. The van der Waals surface area contributed by atoms with Gasteiger partial charge < -0.3 is 20.5 Å². The molecule has 3 unspecified atom stereocenters. The molecule has 1 aromatic rings. The highest BCUT2D eigenvalue weighted by molar-refractivity contribution is 6.01. The summed E-state index contributed by atoms with van der Waals surface area (Å²) >= 11 is 0. The molecule has 2 fully saturated rings. The molecule has 3 rings (SSSR count). The molecule has 3 atom stereocenters. The molecule has 0 radical (unpaired) electrons. The van der Waals surface area contributed by atoms with Gasteiger partial charge in [0.1, 0.15) is 5.75 Å². The average Bonchev–Trinajstić information content (AvgIpc) is 3.10. The molecule has 2 saturated heterocycles. The Morgan fingerprint density at radius 3 is 2.76 bits per heavy atom. The maximum atomic E-state index is 12.4. The molecule has 2 bridgehead atoms. The molecule has 6 nitrogen and oxygen atoms in total. The zero-order valence-electron chi connectivity index (χ0n) is 11.8. The van der Waals surface area contributed by atoms with E-state index in [1.54, 1.807) is 12.1 Å². The number of anilines is 1. The summed E-state index contributed by atoms with van der Waals surface area (Å²) in [4.78, 5) is 23.7. The molecule has 2 aliphatic rings. The van der Waals surface area contributed by atoms with E-state index in [1.807, 2.05) is 0 Å². The van der Waals surface area contributed by atoms with Gasteiger partial charge in [0, 0.05) is 12.1 Å². The Kier molecular flexibility index (Phi) is 3.55. The molecule has 2 heterocycles. The van der Waals surface area contributed by atoms with Gasteiger partial charge in [-0.1, -0.05) is 0 Å². The minimum atomic E-state index is -1.09. The molecule has 3 N–H and O–H groups in total. The highest BCUT2D eigenvalue weighted by atomic mass is 16.5. The molecule has 21 heavy (non-hydrogen) atoms. The van der Waals surface area contributed by atoms with Crippen molar-refractivity contribution < 1.29 is 19.4 Å². The third-order valence-electron chi connectivity index (χ3n) is 4.35. The molecular formula is C15H18N2O4. The molecule has 112 valence electrons. The number of carbonyl (C=O) groups excluding carboxylic acids is 1. The van der Waals surface area contributed by atoms with E-state index >= 15 is 0 Å². The van der Waals surface area contributed by atoms with E-state index in [0.717, 1.165) is 19.3 Å². The van der Waals surface area contributed by atoms with E-state index in [-0.39, 0.29) is 23.4 Å². The summed E-state index contributed by atoms with van der Waals surface area (Å²) in [6, 6.07) is 5.28. The Morgan fingerprint density at radius 1 is 1.38 bits per heavy atom. The number of rotatable bonds is 4. The molecule has 2 aliphatic heterocycles. The summed E-state index contributed by atoms with van der Waals surface area (Å²) < 4.78 is 5.02. The fourth-order valence-electron chi connectivity index (χ4n) is 3.28. The first-order valence-electron chi connectivity index (χ1n) is 7.06. The topological polar surface area (TPSA) is 87.7 Å². The molecule has 0 saturated carbocycles. The standard InChI is InChI=1S/C15H18N2O4/c1-21-9-3-5-13(11(7-9)15(19)20)17-14(18)10-6-8-2-4-12(10)16-8/h3,5,7-8,10,12,16H,2,4,6H2,1H3,(H,17,18)(H,19,20). The van der Waals surface area contributed by atoms with Crippen LogP contribution in [0.4, 0.5) is 5.69 Å². The predicted octanol–water partition coefficient (Wildman–Crippen LogP) is 1.47. The van der Waals surface area contributed by atoms with Crippen LogP contribution in [0.1, 0.15) is 29.6 Å². The van der Waals surface area contributed by atoms with Gasteiger partial charge in [0.15, 0.2) is 0 Å². The summed E-state index contributed by atoms with van der Waals surface area (Å²) in [5.74, 6) is -0.822. The largest absolute Gasteiger partial charge is 0.497 e. The molecule has 0 spiro atoms. The van der Waals surface area contributed by atoms with Crippen LogP contribution in [0.25, 0.3) is 0 Å². The van der Waals surface area contributed by atoms with Gasteiger partial charge in [0.2, 0.25) is 5.91 Å². The molecule has 1 aromatic carbocycles. The van der Waals surface area contributed by atoms with Gasteiger partial charge in [0.05, 0.1) is 24.3 Å². The Labute approximate surface area is 122 Å². The van der Waals surface area contributed by atoms with Crippen molar-refractivity contribution in [1.29, 1.82) is 0 Å². The van der Waals surface area contributed by atoms with Crippen molar-refractivity contribution in [2.75, 3.05) is 12.4 Å². The number of nitrogens with one attached hydrogen (secondary N) is 2. The number of carboxylic acid groups (broad SMARTS) is 1. The quantitative estimate of drug-likeness (QED) is 0.781. The summed E-state index contributed by atoms with van der Waals surface area (Å²) in [6.07, 6.45) is 2.96. The maximum absolute atomic E-state index is 12.4. The third-order valence-corrected chi connectivity index (χ3v) is 4.35. The first-order valence-corrected chi connectivity index (χ1v) is 7.06. The molecule has 0 aliphatic carbocycles. The van der Waals surface area contributed by atoms with Crippen molar-refractivity contribution in [1.82, 2.24) is 5.32 Å². The van der Waals surface area contributed by atoms with Crippen LogP contribution in [0.2, 0.25) is 0 Å². The van der Waals surface area contributed by atoms with Gasteiger partial charge in [-0.3, -0.25) is 4.79 Å². The van der Waals surface area contributed by atoms with E-state index in [2.05, 4.69) is 10.6 Å². The van der Waals surface area contributed by atoms with Crippen LogP contribution in [0, 0.1) is 5.92 Å². The first kappa shape index (κ1) is 13.9. The summed E-state index contributed by atoms with van der Waals surface area (Å²) in [7, 11) is 1.47. The number of carboxylic acids is 1. The smallest absolute Gasteiger partial charge is 0.337 e. The summed E-state index contributed by atoms with van der Waals surface area (Å²) in [6.45, 7) is 0. The van der Waals surface area contributed by atoms with Crippen molar-refractivity contribution in [2.24, 2.45) is 5.92 Å². The molecule has 0 aromatic heterocycles. The van der Waals surface area contributed by atoms with E-state index < -0.39 is 5.97 Å². The third kappa shape index (κ3) is 2.58. The SMILES string of the molecule is COc1ccc(NC(=O)C2CC3CCC2N3)c(C(=O)O)c1. The number of hydrogen-bond donors (Lipinski definition) is 3. The van der Waals surface area contributed by atoms with Gasteiger partial charge in [0.25, 0.3) is 0 Å². The number of benzene rings is 1. The van der Waals surface area contributed by atoms with Crippen LogP contribution in [0.5, 0.6) is 5.75 Å². The zero-order chi connectivity index (χ0) is 15.0. The van der Waals surface area contributed by atoms with Crippen LogP contribution in [-0.2, 0) is 4.79 Å². The second kappa shape index (κ2) is 5.37. The number of fused-ring (bicyclic) bond motifs is 2. The maximum Gasteiger partial charge on any atom is 0.337 e. The van der Waals surface area contributed by atoms with E-state index in [9.17, 15) is 14.7 Å². The minimum absolute atomic E-state index is 0.0406. The number of hydrogen-bond acceptors (Lipinski definition) is 4. The lowest BCUT2D eigenvalue weighted by Crippen LogP contribution is -2.33. The highest BCUT2D eigenvalue weighted by Gasteiger charge is 2.42. The first-order chi connectivity index (χ1) is 10.1. The fourth-order valence-corrected chi connectivity index (χ4v) is 3.28. The van der Waals surface area contributed by atoms with E-state index in [0.29, 0.717) is 17.5 Å². The Balaban J connectivity index is 1.78. The van der Waals surface area contributed by atoms with Gasteiger partial charge in [-0.25, -0.2) is 4.79 Å². The predicted molar refractivity (Wildman–Crippen MR) is 76.6 cm³/mol. The lowest BCUT2D eigenvalue weighted by molar-refractivity contribution is -0.120. The van der Waals surface area contributed by atoms with Crippen LogP contribution in [0.3, 0.4) is 0 Å². The Hall–Kier alpha value is -2.08. The van der Waals surface area contributed by atoms with Crippen molar-refractivity contribution in [3.05, 3.63) is 23.8 Å². The number of methoxy groups -OCH3 is 1. The summed E-state index contributed by atoms with van der Waals surface area (Å²) in [5.41, 5.74) is 0.356. The molecule has 1 amide bonds. The monoisotopic (exact) mass is 290 g/mol. The van der Waals surface area contributed by atoms with Gasteiger partial charge in [-0.2, -0.15) is 0 Å². The van der Waals surface area contributed by atoms with Gasteiger partial charge in [-0.05, 0) is 37.5 Å². The van der Waals surface area contributed by atoms with Crippen LogP contribution < -0.4 is 15.4 Å². The zero-order valence-corrected chi connectivity index (χ0v) is 11.8. The normalized spacial score (nSPS) is 26.6. The second-order valence-electron chi connectivity index (χ2n) is 5.60. The van der Waals surface area contributed by atoms with E-state index in [4.69, 9.17) is 4.74 Å². The lowest BCUT2D eigenvalue weighted by Gasteiger charge is -2.20. The van der Waals surface area contributed by atoms with Crippen molar-refractivity contribution >= 4 is 17.6 Å². The van der Waals surface area contributed by atoms with Crippen molar-refractivity contribution in [3.63, 3.8) is 0 Å². The fraction of sp³-hybridized carbons (Fsp3) is 0.467. The lowest BCUT2D eigenvalue weighted by atomic mass is 9.88. The summed E-state index contributed by atoms with van der Waals surface area (Å²) in [5, 5.41) is 15.4. The molecule has 6 heteroatoms. The number of carbonyl (C=O) groups is 2. The van der Waals surface area contributed by atoms with Gasteiger partial charge >= 0.3 is 5.97 Å². The second-order valence-corrected chi connectivity index (χ2v) is 5.60. The van der Waals surface area contributed by atoms with Crippen molar-refractivity contribution in [2.45, 2.75) is 31.3 Å². The van der Waals surface area contributed by atoms with Crippen LogP contribution >= 0.6 is 0 Å².